The lowest BCUT2D eigenvalue weighted by molar-refractivity contribution is 1.13. The molecule has 0 heterocycles. The summed E-state index contributed by atoms with van der Waals surface area (Å²) in [6, 6.07) is 129. The molecule has 112 heavy (non-hydrogen) atoms. The molecule has 20 aromatic rings. The van der Waals surface area contributed by atoms with E-state index in [0.717, 1.165) is 44.9 Å². The molecule has 0 nitrogen and oxygen atoms in total. The Balaban J connectivity index is 0.0000000868. The van der Waals surface area contributed by atoms with Gasteiger partial charge in [-0.2, -0.15) is 0 Å². The van der Waals surface area contributed by atoms with Gasteiger partial charge < -0.3 is 0 Å². The number of rotatable bonds is 1. The smallest absolute Gasteiger partial charge is 0.000398 e. The lowest BCUT2D eigenvalue weighted by atomic mass is 9.79. The van der Waals surface area contributed by atoms with Crippen LogP contribution in [0.15, 0.2) is 346 Å². The van der Waals surface area contributed by atoms with E-state index in [1.165, 1.54) is 259 Å². The predicted molar refractivity (Wildman–Crippen MR) is 474 cm³/mol. The Labute approximate surface area is 651 Å². The summed E-state index contributed by atoms with van der Waals surface area (Å²) in [6.45, 7) is 2.28. The van der Waals surface area contributed by atoms with Crippen LogP contribution in [0, 0.1) is 6.92 Å². The van der Waals surface area contributed by atoms with E-state index in [-0.39, 0.29) is 0 Å². The van der Waals surface area contributed by atoms with Crippen LogP contribution >= 0.6 is 0 Å². The molecule has 0 heteroatoms. The molecular weight excluding hydrogens is 1350 g/mol. The van der Waals surface area contributed by atoms with Crippen molar-refractivity contribution in [1.29, 1.82) is 0 Å². The normalized spacial score (nSPS) is 13.2. The molecule has 20 aromatic carbocycles. The molecule has 0 radical (unpaired) electrons. The van der Waals surface area contributed by atoms with Gasteiger partial charge in [0.25, 0.3) is 0 Å². The summed E-state index contributed by atoms with van der Waals surface area (Å²) in [5.41, 5.74) is 44.8. The van der Waals surface area contributed by atoms with Crippen molar-refractivity contribution in [3.05, 3.63) is 429 Å². The first-order valence-electron chi connectivity index (χ1n) is 40.1. The van der Waals surface area contributed by atoms with Gasteiger partial charge >= 0.3 is 0 Å². The third-order valence-electron chi connectivity index (χ3n) is 26.3. The highest BCUT2D eigenvalue weighted by atomic mass is 14.4. The molecule has 0 aromatic heterocycles. The van der Waals surface area contributed by atoms with Crippen LogP contribution in [-0.4, -0.2) is 0 Å². The van der Waals surface area contributed by atoms with Gasteiger partial charge in [-0.3, -0.25) is 0 Å². The average Bonchev–Trinajstić information content (AvgIpc) is 1.34. The van der Waals surface area contributed by atoms with Crippen molar-refractivity contribution in [2.75, 3.05) is 0 Å². The molecule has 0 bridgehead atoms. The van der Waals surface area contributed by atoms with E-state index in [1.54, 1.807) is 0 Å². The van der Waals surface area contributed by atoms with E-state index in [9.17, 15) is 0 Å². The van der Waals surface area contributed by atoms with Crippen LogP contribution in [0.2, 0.25) is 0 Å². The summed E-state index contributed by atoms with van der Waals surface area (Å²) in [7, 11) is 0. The second-order valence-corrected chi connectivity index (χ2v) is 32.3. The van der Waals surface area contributed by atoms with Crippen LogP contribution in [0.25, 0.3) is 175 Å². The Bertz CT molecular complexity index is 7460. The average molecular weight is 1420 g/mol. The second kappa shape index (κ2) is 24.7. The van der Waals surface area contributed by atoms with Crippen molar-refractivity contribution in [3.63, 3.8) is 0 Å². The Morgan fingerprint density at radius 3 is 1.10 bits per heavy atom. The van der Waals surface area contributed by atoms with E-state index in [1.807, 2.05) is 0 Å². The maximum atomic E-state index is 2.48. The molecule has 7 aliphatic rings. The summed E-state index contributed by atoms with van der Waals surface area (Å²) in [5, 5.41) is 21.8. The molecule has 0 N–H and O–H groups in total. The maximum absolute atomic E-state index is 2.48. The molecule has 0 spiro atoms. The molecular formula is C112H74. The van der Waals surface area contributed by atoms with Crippen LogP contribution in [-0.2, 0) is 44.9 Å². The van der Waals surface area contributed by atoms with Crippen molar-refractivity contribution in [2.45, 2.75) is 51.9 Å². The van der Waals surface area contributed by atoms with Crippen molar-refractivity contribution in [1.82, 2.24) is 0 Å². The van der Waals surface area contributed by atoms with E-state index in [4.69, 9.17) is 0 Å². The highest BCUT2D eigenvalue weighted by molar-refractivity contribution is 6.14. The van der Waals surface area contributed by atoms with E-state index in [0.29, 0.717) is 0 Å². The minimum Gasteiger partial charge on any atom is -0.0622 e. The third kappa shape index (κ3) is 9.81. The fourth-order valence-electron chi connectivity index (χ4n) is 21.2. The Morgan fingerprint density at radius 1 is 0.161 bits per heavy atom. The van der Waals surface area contributed by atoms with E-state index >= 15 is 0 Å². The fourth-order valence-corrected chi connectivity index (χ4v) is 21.2. The quantitative estimate of drug-likeness (QED) is 0.144. The lowest BCUT2D eigenvalue weighted by Gasteiger charge is -2.25. The number of hydrogen-bond acceptors (Lipinski definition) is 0. The largest absolute Gasteiger partial charge is 0.0622 e. The first-order chi connectivity index (χ1) is 55.4. The van der Waals surface area contributed by atoms with Gasteiger partial charge in [0.1, 0.15) is 0 Å². The molecule has 0 saturated heterocycles. The van der Waals surface area contributed by atoms with Crippen LogP contribution in [0.3, 0.4) is 0 Å². The van der Waals surface area contributed by atoms with Gasteiger partial charge in [0.2, 0.25) is 0 Å². The van der Waals surface area contributed by atoms with Crippen LogP contribution in [0.5, 0.6) is 0 Å². The molecule has 0 atom stereocenters. The van der Waals surface area contributed by atoms with Crippen molar-refractivity contribution in [2.24, 2.45) is 0 Å². The van der Waals surface area contributed by atoms with Gasteiger partial charge in [-0.25, -0.2) is 0 Å². The van der Waals surface area contributed by atoms with Crippen molar-refractivity contribution < 1.29 is 0 Å². The number of fused-ring (bicyclic) bond motifs is 30. The Kier molecular flexibility index (Phi) is 14.0. The van der Waals surface area contributed by atoms with Crippen molar-refractivity contribution >= 4 is 86.2 Å². The molecule has 0 saturated carbocycles. The van der Waals surface area contributed by atoms with E-state index < -0.39 is 0 Å². The zero-order chi connectivity index (χ0) is 73.4. The summed E-state index contributed by atoms with van der Waals surface area (Å²) in [4.78, 5) is 0. The van der Waals surface area contributed by atoms with Crippen molar-refractivity contribution in [3.8, 4) is 89.0 Å². The van der Waals surface area contributed by atoms with Gasteiger partial charge in [-0.05, 0) is 371 Å². The minimum absolute atomic E-state index is 1.01. The fraction of sp³-hybridized carbons (Fsp3) is 0.0714. The highest BCUT2D eigenvalue weighted by Gasteiger charge is 2.32. The molecule has 0 unspecified atom stereocenters. The summed E-state index contributed by atoms with van der Waals surface area (Å²) in [6.07, 6.45) is 7.29. The van der Waals surface area contributed by atoms with Gasteiger partial charge in [-0.1, -0.05) is 285 Å². The SMILES string of the molecule is Cc1c(-c2ccccc2)ccc2c1Cc1ccc3cc4ccccc4cc3c1-2.c1ccc2c(c1)Cc1c-2ccc2c1Cc1c3ccccc3cc3cccc-2c13.c1ccc2c(c1)Cc1cc3c(cc1-2)Cc1c2ccccc2cc2cccc-3c12.c1ccc2c(c1)Cc1cc3c(cc1-2)Cc1ccc2cc4ccccc4cc2c1-3. The molecule has 7 aliphatic carbocycles. The van der Waals surface area contributed by atoms with Crippen LogP contribution < -0.4 is 0 Å². The number of hydrogen-bond donors (Lipinski definition) is 0. The number of benzene rings is 20. The molecule has 0 aliphatic heterocycles. The minimum atomic E-state index is 1.01. The monoisotopic (exact) mass is 1420 g/mol. The predicted octanol–water partition coefficient (Wildman–Crippen LogP) is 28.9. The summed E-state index contributed by atoms with van der Waals surface area (Å²) >= 11 is 0. The summed E-state index contributed by atoms with van der Waals surface area (Å²) in [5.74, 6) is 0. The van der Waals surface area contributed by atoms with E-state index in [2.05, 4.69) is 353 Å². The maximum Gasteiger partial charge on any atom is -0.000398 e. The third-order valence-corrected chi connectivity index (χ3v) is 26.3. The first kappa shape index (κ1) is 63.4. The highest BCUT2D eigenvalue weighted by Crippen LogP contribution is 2.53. The Hall–Kier alpha value is -13.5. The van der Waals surface area contributed by atoms with Gasteiger partial charge in [-0.15, -0.1) is 0 Å². The van der Waals surface area contributed by atoms with Gasteiger partial charge in [0, 0.05) is 0 Å². The molecule has 0 fully saturated rings. The standard InChI is InChI=1S/3C28H18.C28H20/c1-4-10-21-17(6-1)14-19-8-5-11-24-23-13-12-22-20-9-3-2-7-18(20)15-25(22)26(23)16-27(21)28(19)24;1-3-9-22-18(7-1)13-20-14-26-21(15-25(20)22)16-27-23-10-4-2-6-17(23)12-19-8-5-11-24(26)28(19)27;1-2-6-18-14-26-20(11-17(18)5-1)9-10-21-13-23-15-25-22(16-27(23)28(21)26)12-19-7-3-4-8-24(19)25;1-18-24(19-7-3-2-4-8-19)13-14-25-26(18)17-23-12-11-22-15-20-9-5-6-10-21(20)16-27(22)28(23)25/h1-14H,15-16H2;1-12,14-15H,13,16H2;1-11,14-16H,12-13H2;2-16H,17H2,1H3. The van der Waals surface area contributed by atoms with Crippen LogP contribution in [0.4, 0.5) is 0 Å². The first-order valence-corrected chi connectivity index (χ1v) is 40.1. The second-order valence-electron chi connectivity index (χ2n) is 32.3. The molecule has 27 rings (SSSR count). The Morgan fingerprint density at radius 2 is 0.509 bits per heavy atom. The summed E-state index contributed by atoms with van der Waals surface area (Å²) < 4.78 is 0. The van der Waals surface area contributed by atoms with Crippen LogP contribution in [0.1, 0.15) is 83.5 Å². The lowest BCUT2D eigenvalue weighted by Crippen LogP contribution is -2.05. The van der Waals surface area contributed by atoms with Gasteiger partial charge in [0.15, 0.2) is 0 Å². The molecule has 0 amide bonds. The zero-order valence-corrected chi connectivity index (χ0v) is 62.4. The van der Waals surface area contributed by atoms with Gasteiger partial charge in [0.05, 0.1) is 0 Å². The molecule has 522 valence electrons. The zero-order valence-electron chi connectivity index (χ0n) is 62.4. The topological polar surface area (TPSA) is 0 Å².